The summed E-state index contributed by atoms with van der Waals surface area (Å²) in [5, 5.41) is 8.23. The highest BCUT2D eigenvalue weighted by Gasteiger charge is 2.07. The smallest absolute Gasteiger partial charge is 0.103 e. The highest BCUT2D eigenvalue weighted by atomic mass is 17.1. The number of allylic oxidation sites excluding steroid dienone is 3. The van der Waals surface area contributed by atoms with Crippen LogP contribution in [0.25, 0.3) is 0 Å². The van der Waals surface area contributed by atoms with Crippen molar-refractivity contribution in [1.82, 2.24) is 0 Å². The molecule has 0 aliphatic heterocycles. The Balaban J connectivity index is 2.43. The molecule has 0 spiro atoms. The topological polar surface area (TPSA) is 29.5 Å². The summed E-state index contributed by atoms with van der Waals surface area (Å²) in [4.78, 5) is 4.08. The van der Waals surface area contributed by atoms with E-state index >= 15 is 0 Å². The van der Waals surface area contributed by atoms with Crippen molar-refractivity contribution in [2.75, 3.05) is 6.61 Å². The minimum absolute atomic E-state index is 0.349. The van der Waals surface area contributed by atoms with Gasteiger partial charge in [0.1, 0.15) is 6.61 Å². The lowest BCUT2D eigenvalue weighted by molar-refractivity contribution is -0.234. The van der Waals surface area contributed by atoms with Gasteiger partial charge in [0.15, 0.2) is 0 Å². The lowest BCUT2D eigenvalue weighted by Crippen LogP contribution is -2.02. The predicted octanol–water partition coefficient (Wildman–Crippen LogP) is 2.78. The summed E-state index contributed by atoms with van der Waals surface area (Å²) in [5.41, 5.74) is 2.65. The minimum Gasteiger partial charge on any atom is -0.251 e. The zero-order chi connectivity index (χ0) is 8.97. The van der Waals surface area contributed by atoms with E-state index in [0.29, 0.717) is 12.5 Å². The Kier molecular flexibility index (Phi) is 3.50. The van der Waals surface area contributed by atoms with Crippen molar-refractivity contribution in [2.24, 2.45) is 5.92 Å². The fourth-order valence-electron chi connectivity index (χ4n) is 1.36. The van der Waals surface area contributed by atoms with Crippen molar-refractivity contribution in [2.45, 2.75) is 26.7 Å². The molecule has 68 valence electrons. The average Bonchev–Trinajstić information content (AvgIpc) is 2.06. The third kappa shape index (κ3) is 2.47. The summed E-state index contributed by atoms with van der Waals surface area (Å²) in [6, 6.07) is 0. The Morgan fingerprint density at radius 1 is 1.42 bits per heavy atom. The van der Waals surface area contributed by atoms with Crippen molar-refractivity contribution in [1.29, 1.82) is 0 Å². The molecule has 2 nitrogen and oxygen atoms in total. The molecule has 1 rings (SSSR count). The van der Waals surface area contributed by atoms with Crippen LogP contribution in [-0.2, 0) is 4.89 Å². The second-order valence-electron chi connectivity index (χ2n) is 3.48. The van der Waals surface area contributed by atoms with Crippen LogP contribution >= 0.6 is 0 Å². The molecule has 0 bridgehead atoms. The van der Waals surface area contributed by atoms with E-state index in [1.807, 2.05) is 0 Å². The van der Waals surface area contributed by atoms with E-state index in [0.717, 1.165) is 12.8 Å². The van der Waals surface area contributed by atoms with Gasteiger partial charge in [0.2, 0.25) is 0 Å². The summed E-state index contributed by atoms with van der Waals surface area (Å²) in [6.45, 7) is 4.75. The van der Waals surface area contributed by atoms with Gasteiger partial charge in [-0.2, -0.15) is 0 Å². The molecule has 0 unspecified atom stereocenters. The van der Waals surface area contributed by atoms with Crippen LogP contribution in [0.3, 0.4) is 0 Å². The van der Waals surface area contributed by atoms with E-state index in [-0.39, 0.29) is 0 Å². The molecular formula is C10H16O2. The molecule has 0 atom stereocenters. The normalized spacial score (nSPS) is 17.7. The van der Waals surface area contributed by atoms with Gasteiger partial charge in [-0.25, -0.2) is 4.89 Å². The summed E-state index contributed by atoms with van der Waals surface area (Å²) in [7, 11) is 0. The molecule has 1 N–H and O–H groups in total. The van der Waals surface area contributed by atoms with E-state index < -0.39 is 0 Å². The molecule has 1 aliphatic rings. The lowest BCUT2D eigenvalue weighted by atomic mass is 9.92. The van der Waals surface area contributed by atoms with Crippen LogP contribution in [0, 0.1) is 5.92 Å². The van der Waals surface area contributed by atoms with E-state index in [4.69, 9.17) is 5.26 Å². The van der Waals surface area contributed by atoms with Crippen molar-refractivity contribution in [3.8, 4) is 0 Å². The van der Waals surface area contributed by atoms with Crippen molar-refractivity contribution >= 4 is 0 Å². The Hall–Kier alpha value is -0.600. The zero-order valence-corrected chi connectivity index (χ0v) is 7.71. The second kappa shape index (κ2) is 4.43. The first-order valence-corrected chi connectivity index (χ1v) is 4.37. The van der Waals surface area contributed by atoms with Crippen LogP contribution < -0.4 is 0 Å². The van der Waals surface area contributed by atoms with Gasteiger partial charge in [-0.3, -0.25) is 5.26 Å². The van der Waals surface area contributed by atoms with Gasteiger partial charge in [-0.05, 0) is 24.3 Å². The summed E-state index contributed by atoms with van der Waals surface area (Å²) < 4.78 is 0. The predicted molar refractivity (Wildman–Crippen MR) is 48.8 cm³/mol. The van der Waals surface area contributed by atoms with Crippen LogP contribution in [0.15, 0.2) is 23.3 Å². The molecule has 0 heterocycles. The molecule has 0 saturated carbocycles. The van der Waals surface area contributed by atoms with E-state index in [1.165, 1.54) is 11.1 Å². The number of hydrogen-bond donors (Lipinski definition) is 1. The SMILES string of the molecule is CC(C)C1=CCC(COO)=CC1. The van der Waals surface area contributed by atoms with Crippen LogP contribution in [-0.4, -0.2) is 11.9 Å². The fraction of sp³-hybridized carbons (Fsp3) is 0.600. The molecule has 0 fully saturated rings. The van der Waals surface area contributed by atoms with E-state index in [9.17, 15) is 0 Å². The van der Waals surface area contributed by atoms with Gasteiger partial charge in [-0.1, -0.05) is 31.6 Å². The van der Waals surface area contributed by atoms with E-state index in [1.54, 1.807) is 0 Å². The lowest BCUT2D eigenvalue weighted by Gasteiger charge is -2.15. The Morgan fingerprint density at radius 3 is 2.58 bits per heavy atom. The molecule has 0 radical (unpaired) electrons. The largest absolute Gasteiger partial charge is 0.251 e. The maximum absolute atomic E-state index is 8.23. The number of hydrogen-bond acceptors (Lipinski definition) is 2. The van der Waals surface area contributed by atoms with Crippen molar-refractivity contribution in [3.63, 3.8) is 0 Å². The first-order valence-electron chi connectivity index (χ1n) is 4.37. The summed E-state index contributed by atoms with van der Waals surface area (Å²) in [6.07, 6.45) is 6.31. The Labute approximate surface area is 73.5 Å². The highest BCUT2D eigenvalue weighted by molar-refractivity contribution is 5.22. The van der Waals surface area contributed by atoms with Gasteiger partial charge < -0.3 is 0 Å². The molecule has 0 saturated heterocycles. The number of rotatable bonds is 3. The summed E-state index contributed by atoms with van der Waals surface area (Å²) in [5.74, 6) is 0.637. The maximum Gasteiger partial charge on any atom is 0.103 e. The molecule has 0 amide bonds. The Morgan fingerprint density at radius 2 is 2.17 bits per heavy atom. The standard InChI is InChI=1S/C10H16O2/c1-8(2)10-5-3-9(4-6-10)7-12-11/h3,6,8,11H,4-5,7H2,1-2H3. The molecule has 0 aromatic rings. The third-order valence-electron chi connectivity index (χ3n) is 2.24. The highest BCUT2D eigenvalue weighted by Crippen LogP contribution is 2.22. The van der Waals surface area contributed by atoms with E-state index in [2.05, 4.69) is 30.9 Å². The average molecular weight is 168 g/mol. The van der Waals surface area contributed by atoms with Crippen LogP contribution in [0.5, 0.6) is 0 Å². The minimum atomic E-state index is 0.349. The van der Waals surface area contributed by atoms with Crippen LogP contribution in [0.1, 0.15) is 26.7 Å². The molecular weight excluding hydrogens is 152 g/mol. The third-order valence-corrected chi connectivity index (χ3v) is 2.24. The molecule has 2 heteroatoms. The van der Waals surface area contributed by atoms with Gasteiger partial charge in [0.05, 0.1) is 0 Å². The van der Waals surface area contributed by atoms with Gasteiger partial charge >= 0.3 is 0 Å². The second-order valence-corrected chi connectivity index (χ2v) is 3.48. The molecule has 0 aromatic heterocycles. The maximum atomic E-state index is 8.23. The summed E-state index contributed by atoms with van der Waals surface area (Å²) >= 11 is 0. The van der Waals surface area contributed by atoms with Crippen LogP contribution in [0.2, 0.25) is 0 Å². The quantitative estimate of drug-likeness (QED) is 0.399. The van der Waals surface area contributed by atoms with Gasteiger partial charge in [-0.15, -0.1) is 0 Å². The first-order chi connectivity index (χ1) is 5.74. The monoisotopic (exact) mass is 168 g/mol. The van der Waals surface area contributed by atoms with Crippen LogP contribution in [0.4, 0.5) is 0 Å². The zero-order valence-electron chi connectivity index (χ0n) is 7.71. The van der Waals surface area contributed by atoms with Gasteiger partial charge in [0.25, 0.3) is 0 Å². The molecule has 0 aromatic carbocycles. The Bertz CT molecular complexity index is 202. The van der Waals surface area contributed by atoms with Gasteiger partial charge in [0, 0.05) is 0 Å². The van der Waals surface area contributed by atoms with Crippen molar-refractivity contribution in [3.05, 3.63) is 23.3 Å². The fourth-order valence-corrected chi connectivity index (χ4v) is 1.36. The molecule has 12 heavy (non-hydrogen) atoms. The first kappa shape index (κ1) is 9.49. The molecule has 1 aliphatic carbocycles. The van der Waals surface area contributed by atoms with Crippen molar-refractivity contribution < 1.29 is 10.1 Å².